The quantitative estimate of drug-likeness (QED) is 0.365. The number of hydrogen-bond acceptors (Lipinski definition) is 6. The van der Waals surface area contributed by atoms with E-state index in [2.05, 4.69) is 15.3 Å². The fourth-order valence-corrected chi connectivity index (χ4v) is 3.58. The minimum absolute atomic E-state index is 0.0301. The van der Waals surface area contributed by atoms with Crippen molar-refractivity contribution in [2.45, 2.75) is 32.5 Å². The van der Waals surface area contributed by atoms with Crippen molar-refractivity contribution in [3.8, 4) is 0 Å². The number of thioether (sulfide) groups is 1. The summed E-state index contributed by atoms with van der Waals surface area (Å²) in [6.07, 6.45) is 1.59. The van der Waals surface area contributed by atoms with Crippen LogP contribution in [0, 0.1) is 5.92 Å². The molecule has 0 radical (unpaired) electrons. The number of benzene rings is 1. The molecule has 29 heavy (non-hydrogen) atoms. The molecular weight excluding hydrogens is 388 g/mol. The lowest BCUT2D eigenvalue weighted by atomic mass is 10.1. The highest BCUT2D eigenvalue weighted by Gasteiger charge is 2.15. The number of anilines is 1. The summed E-state index contributed by atoms with van der Waals surface area (Å²) < 4.78 is 1.61. The number of nitrogens with one attached hydrogen (secondary N) is 1. The van der Waals surface area contributed by atoms with E-state index in [4.69, 9.17) is 0 Å². The van der Waals surface area contributed by atoms with Gasteiger partial charge in [0.15, 0.2) is 16.6 Å². The molecule has 1 amide bonds. The second-order valence-corrected chi connectivity index (χ2v) is 7.99. The zero-order chi connectivity index (χ0) is 21.0. The van der Waals surface area contributed by atoms with Crippen LogP contribution < -0.4 is 10.9 Å². The molecule has 3 rings (SSSR count). The summed E-state index contributed by atoms with van der Waals surface area (Å²) in [5.74, 6) is 0.0864. The zero-order valence-corrected chi connectivity index (χ0v) is 17.3. The number of fused-ring (bicyclic) bond motifs is 1. The normalized spacial score (nSPS) is 11.0. The maximum absolute atomic E-state index is 12.8. The molecule has 0 aliphatic rings. The molecule has 7 nitrogen and oxygen atoms in total. The van der Waals surface area contributed by atoms with Crippen molar-refractivity contribution in [2.24, 2.45) is 5.92 Å². The molecule has 0 saturated heterocycles. The summed E-state index contributed by atoms with van der Waals surface area (Å²) in [4.78, 5) is 45.2. The highest BCUT2D eigenvalue weighted by molar-refractivity contribution is 7.99. The number of carbonyl (C=O) groups excluding carboxylic acids is 2. The predicted molar refractivity (Wildman–Crippen MR) is 114 cm³/mol. The van der Waals surface area contributed by atoms with E-state index in [0.717, 1.165) is 0 Å². The van der Waals surface area contributed by atoms with Crippen LogP contribution in [0.3, 0.4) is 0 Å². The van der Waals surface area contributed by atoms with Crippen LogP contribution >= 0.6 is 11.8 Å². The van der Waals surface area contributed by atoms with Gasteiger partial charge in [0.05, 0.1) is 11.1 Å². The molecular formula is C21H22N4O3S. The van der Waals surface area contributed by atoms with Crippen molar-refractivity contribution in [2.75, 3.05) is 11.1 Å². The Morgan fingerprint density at radius 2 is 1.90 bits per heavy atom. The smallest absolute Gasteiger partial charge is 0.263 e. The average Bonchev–Trinajstić information content (AvgIpc) is 2.69. The van der Waals surface area contributed by atoms with E-state index in [1.54, 1.807) is 47.2 Å². The minimum atomic E-state index is -0.225. The van der Waals surface area contributed by atoms with E-state index in [1.165, 1.54) is 18.7 Å². The summed E-state index contributed by atoms with van der Waals surface area (Å²) in [7, 11) is 0. The van der Waals surface area contributed by atoms with Crippen molar-refractivity contribution >= 4 is 40.2 Å². The lowest BCUT2D eigenvalue weighted by Crippen LogP contribution is -2.26. The van der Waals surface area contributed by atoms with Crippen LogP contribution in [0.15, 0.2) is 52.5 Å². The van der Waals surface area contributed by atoms with E-state index >= 15 is 0 Å². The molecule has 1 N–H and O–H groups in total. The fraction of sp³-hybridized carbons (Fsp3) is 0.286. The Morgan fingerprint density at radius 1 is 1.17 bits per heavy atom. The molecule has 0 spiro atoms. The number of pyridine rings is 1. The first-order chi connectivity index (χ1) is 13.8. The van der Waals surface area contributed by atoms with Gasteiger partial charge in [0.25, 0.3) is 5.56 Å². The molecule has 0 fully saturated rings. The highest BCUT2D eigenvalue weighted by Crippen LogP contribution is 2.19. The van der Waals surface area contributed by atoms with Crippen molar-refractivity contribution < 1.29 is 9.59 Å². The number of Topliss-reactive ketones (excluding diaryl/α,β-unsaturated/α-hetero) is 1. The van der Waals surface area contributed by atoms with Crippen molar-refractivity contribution in [3.63, 3.8) is 0 Å². The molecule has 8 heteroatoms. The van der Waals surface area contributed by atoms with Crippen LogP contribution in [-0.2, 0) is 11.3 Å². The first-order valence-electron chi connectivity index (χ1n) is 9.24. The third-order valence-corrected chi connectivity index (χ3v) is 5.13. The number of carbonyl (C=O) groups is 2. The van der Waals surface area contributed by atoms with Gasteiger partial charge < -0.3 is 5.32 Å². The Labute approximate surface area is 172 Å². The van der Waals surface area contributed by atoms with Gasteiger partial charge in [-0.3, -0.25) is 19.0 Å². The first kappa shape index (κ1) is 20.7. The number of aromatic nitrogens is 3. The van der Waals surface area contributed by atoms with Crippen molar-refractivity contribution in [1.29, 1.82) is 0 Å². The Bertz CT molecular complexity index is 1110. The second kappa shape index (κ2) is 9.00. The van der Waals surface area contributed by atoms with Gasteiger partial charge in [-0.25, -0.2) is 9.97 Å². The topological polar surface area (TPSA) is 94.0 Å². The standard InChI is InChI=1S/C21H22N4O3S/c1-13(2)11-25-20(28)17-5-4-10-22-19(17)24-21(25)29-12-18(27)23-16-8-6-15(7-9-16)14(3)26/h4-10,13H,11-12H2,1-3H3,(H,23,27). The van der Waals surface area contributed by atoms with Crippen molar-refractivity contribution in [1.82, 2.24) is 14.5 Å². The maximum atomic E-state index is 12.8. The summed E-state index contributed by atoms with van der Waals surface area (Å²) in [5.41, 5.74) is 1.41. The average molecular weight is 410 g/mol. The molecule has 0 aliphatic carbocycles. The van der Waals surface area contributed by atoms with Crippen LogP contribution in [0.5, 0.6) is 0 Å². The van der Waals surface area contributed by atoms with E-state index in [-0.39, 0.29) is 28.9 Å². The van der Waals surface area contributed by atoms with Crippen LogP contribution in [0.2, 0.25) is 0 Å². The van der Waals surface area contributed by atoms with Gasteiger partial charge in [0.1, 0.15) is 0 Å². The molecule has 0 atom stereocenters. The molecule has 150 valence electrons. The maximum Gasteiger partial charge on any atom is 0.263 e. The minimum Gasteiger partial charge on any atom is -0.325 e. The predicted octanol–water partition coefficient (Wildman–Crippen LogP) is 3.38. The monoisotopic (exact) mass is 410 g/mol. The molecule has 1 aromatic carbocycles. The van der Waals surface area contributed by atoms with Gasteiger partial charge in [-0.15, -0.1) is 0 Å². The molecule has 2 aromatic heterocycles. The lowest BCUT2D eigenvalue weighted by molar-refractivity contribution is -0.113. The van der Waals surface area contributed by atoms with Crippen LogP contribution in [-0.4, -0.2) is 32.0 Å². The number of hydrogen-bond donors (Lipinski definition) is 1. The Balaban J connectivity index is 1.77. The van der Waals surface area contributed by atoms with E-state index in [9.17, 15) is 14.4 Å². The molecule has 3 aromatic rings. The fourth-order valence-electron chi connectivity index (χ4n) is 2.79. The molecule has 0 aliphatic heterocycles. The van der Waals surface area contributed by atoms with Gasteiger partial charge in [-0.05, 0) is 49.2 Å². The van der Waals surface area contributed by atoms with Crippen LogP contribution in [0.4, 0.5) is 5.69 Å². The third-order valence-electron chi connectivity index (χ3n) is 4.15. The van der Waals surface area contributed by atoms with Gasteiger partial charge in [-0.2, -0.15) is 0 Å². The summed E-state index contributed by atoms with van der Waals surface area (Å²) in [6.45, 7) is 6.04. The van der Waals surface area contributed by atoms with Gasteiger partial charge in [0.2, 0.25) is 5.91 Å². The Kier molecular flexibility index (Phi) is 6.43. The number of nitrogens with zero attached hydrogens (tertiary/aromatic N) is 3. The summed E-state index contributed by atoms with van der Waals surface area (Å²) >= 11 is 1.20. The third kappa shape index (κ3) is 5.08. The van der Waals surface area contributed by atoms with E-state index < -0.39 is 0 Å². The lowest BCUT2D eigenvalue weighted by Gasteiger charge is -2.14. The van der Waals surface area contributed by atoms with Gasteiger partial charge >= 0.3 is 0 Å². The Hall–Kier alpha value is -3.00. The molecule has 0 bridgehead atoms. The number of amides is 1. The highest BCUT2D eigenvalue weighted by atomic mass is 32.2. The first-order valence-corrected chi connectivity index (χ1v) is 10.2. The zero-order valence-electron chi connectivity index (χ0n) is 16.5. The number of rotatable bonds is 7. The van der Waals surface area contributed by atoms with E-state index in [1.807, 2.05) is 13.8 Å². The molecule has 0 unspecified atom stereocenters. The SMILES string of the molecule is CC(=O)c1ccc(NC(=O)CSc2nc3ncccc3c(=O)n2CC(C)C)cc1. The second-order valence-electron chi connectivity index (χ2n) is 7.05. The van der Waals surface area contributed by atoms with Crippen molar-refractivity contribution in [3.05, 3.63) is 58.5 Å². The number of ketones is 1. The van der Waals surface area contributed by atoms with Gasteiger partial charge in [0, 0.05) is 24.0 Å². The van der Waals surface area contributed by atoms with Crippen LogP contribution in [0.1, 0.15) is 31.1 Å². The molecule has 0 saturated carbocycles. The summed E-state index contributed by atoms with van der Waals surface area (Å²) in [5, 5.41) is 3.72. The van der Waals surface area contributed by atoms with Gasteiger partial charge in [-0.1, -0.05) is 25.6 Å². The molecule has 2 heterocycles. The largest absolute Gasteiger partial charge is 0.325 e. The Morgan fingerprint density at radius 3 is 2.55 bits per heavy atom. The van der Waals surface area contributed by atoms with E-state index in [0.29, 0.717) is 34.0 Å². The van der Waals surface area contributed by atoms with Crippen LogP contribution in [0.25, 0.3) is 11.0 Å². The summed E-state index contributed by atoms with van der Waals surface area (Å²) in [6, 6.07) is 10.1.